The second-order valence-corrected chi connectivity index (χ2v) is 21.7. The third kappa shape index (κ3) is 8.51. The smallest absolute Gasteiger partial charge is 0.125 e. The molecular weight excluding hydrogens is 668 g/mol. The van der Waals surface area contributed by atoms with Gasteiger partial charge in [0, 0.05) is 25.5 Å². The highest BCUT2D eigenvalue weighted by Gasteiger charge is 2.44. The van der Waals surface area contributed by atoms with Crippen LogP contribution in [0, 0.1) is 11.5 Å². The molecule has 0 unspecified atom stereocenters. The van der Waals surface area contributed by atoms with Crippen LogP contribution in [0.4, 0.5) is 0 Å². The van der Waals surface area contributed by atoms with Crippen LogP contribution >= 0.6 is 31.9 Å². The van der Waals surface area contributed by atoms with Crippen molar-refractivity contribution in [3.63, 3.8) is 0 Å². The van der Waals surface area contributed by atoms with E-state index >= 15 is 0 Å². The van der Waals surface area contributed by atoms with Gasteiger partial charge in [0.1, 0.15) is 8.07 Å². The van der Waals surface area contributed by atoms with E-state index in [0.29, 0.717) is 16.6 Å². The van der Waals surface area contributed by atoms with Gasteiger partial charge in [-0.15, -0.1) is 5.54 Å². The van der Waals surface area contributed by atoms with Crippen molar-refractivity contribution in [3.8, 4) is 22.6 Å². The summed E-state index contributed by atoms with van der Waals surface area (Å²) in [5.74, 6) is 3.91. The van der Waals surface area contributed by atoms with Crippen molar-refractivity contribution in [2.24, 2.45) is 0 Å². The molecule has 0 nitrogen and oxygen atoms in total. The summed E-state index contributed by atoms with van der Waals surface area (Å²) in [5.41, 5.74) is 13.2. The van der Waals surface area contributed by atoms with Crippen LogP contribution in [0.5, 0.6) is 0 Å². The Hall–Kier alpha value is -0.823. The molecule has 0 spiro atoms. The lowest BCUT2D eigenvalue weighted by molar-refractivity contribution is 0.397. The van der Waals surface area contributed by atoms with Crippen LogP contribution in [0.25, 0.3) is 11.1 Å². The second kappa shape index (κ2) is 17.2. The zero-order valence-electron chi connectivity index (χ0n) is 28.8. The quantitative estimate of drug-likeness (QED) is 0.0864. The molecule has 0 saturated carbocycles. The Kier molecular flexibility index (Phi) is 14.7. The van der Waals surface area contributed by atoms with Gasteiger partial charge in [0.2, 0.25) is 0 Å². The van der Waals surface area contributed by atoms with E-state index in [-0.39, 0.29) is 5.41 Å². The molecule has 0 heterocycles. The van der Waals surface area contributed by atoms with Crippen LogP contribution in [-0.2, 0) is 5.41 Å². The summed E-state index contributed by atoms with van der Waals surface area (Å²) in [6, 6.07) is 11.9. The number of unbranched alkanes of at least 4 members (excludes halogenated alkanes) is 10. The molecule has 0 radical (unpaired) electrons. The van der Waals surface area contributed by atoms with Gasteiger partial charge >= 0.3 is 0 Å². The summed E-state index contributed by atoms with van der Waals surface area (Å²) in [6.45, 7) is 19.2. The van der Waals surface area contributed by atoms with Crippen LogP contribution in [0.2, 0.25) is 16.6 Å². The number of benzene rings is 2. The lowest BCUT2D eigenvalue weighted by atomic mass is 9.70. The van der Waals surface area contributed by atoms with Crippen LogP contribution < -0.4 is 0 Å². The predicted octanol–water partition coefficient (Wildman–Crippen LogP) is 14.5. The Labute approximate surface area is 284 Å². The average Bonchev–Trinajstić information content (AvgIpc) is 3.21. The Morgan fingerprint density at radius 2 is 1.12 bits per heavy atom. The third-order valence-electron chi connectivity index (χ3n) is 10.6. The topological polar surface area (TPSA) is 0 Å². The molecular formula is C40H60Br2Si. The maximum absolute atomic E-state index is 4.08. The number of fused-ring (bicyclic) bond motifs is 3. The molecule has 2 aromatic rings. The molecule has 1 aliphatic carbocycles. The fourth-order valence-electron chi connectivity index (χ4n) is 8.34. The SMILES string of the molecule is CCCCCCCCC1(CCCCCCCC)c2cc(Br)ccc2-c2c(C#C[Si](C(C)C)(C(C)C)C(C)C)cc(Br)cc21. The largest absolute Gasteiger partial charge is 0.146 e. The van der Waals surface area contributed by atoms with Gasteiger partial charge in [-0.3, -0.25) is 0 Å². The van der Waals surface area contributed by atoms with E-state index in [1.807, 2.05) is 0 Å². The van der Waals surface area contributed by atoms with Gasteiger partial charge < -0.3 is 0 Å². The van der Waals surface area contributed by atoms with E-state index in [0.717, 1.165) is 0 Å². The summed E-state index contributed by atoms with van der Waals surface area (Å²) >= 11 is 7.88. The number of hydrogen-bond acceptors (Lipinski definition) is 0. The summed E-state index contributed by atoms with van der Waals surface area (Å²) < 4.78 is 2.38. The van der Waals surface area contributed by atoms with Crippen LogP contribution in [-0.4, -0.2) is 8.07 Å². The standard InChI is InChI=1S/C40H60Br2Si/c1-9-11-13-15-17-19-24-40(25-20-18-16-14-12-10-2)37-28-34(41)21-22-36(37)39-33(27-35(42)29-38(39)40)23-26-43(30(3)4,31(5)6)32(7)8/h21-22,27-32H,9-20,24-25H2,1-8H3. The molecule has 0 amide bonds. The fraction of sp³-hybridized carbons (Fsp3) is 0.650. The molecule has 3 rings (SSSR count). The maximum atomic E-state index is 4.08. The normalized spacial score (nSPS) is 13.9. The maximum Gasteiger partial charge on any atom is 0.146 e. The van der Waals surface area contributed by atoms with Crippen LogP contribution in [0.1, 0.15) is 162 Å². The molecule has 238 valence electrons. The monoisotopic (exact) mass is 726 g/mol. The first-order valence-electron chi connectivity index (χ1n) is 17.7. The van der Waals surface area contributed by atoms with E-state index in [1.165, 1.54) is 121 Å². The van der Waals surface area contributed by atoms with Gasteiger partial charge in [-0.05, 0) is 70.4 Å². The fourth-order valence-corrected chi connectivity index (χ4v) is 14.4. The van der Waals surface area contributed by atoms with E-state index < -0.39 is 8.07 Å². The van der Waals surface area contributed by atoms with Crippen molar-refractivity contribution >= 4 is 39.9 Å². The van der Waals surface area contributed by atoms with E-state index in [4.69, 9.17) is 0 Å². The molecule has 0 atom stereocenters. The molecule has 0 aliphatic heterocycles. The minimum atomic E-state index is -1.85. The number of halogens is 2. The molecule has 0 N–H and O–H groups in total. The van der Waals surface area contributed by atoms with Crippen LogP contribution in [0.15, 0.2) is 39.3 Å². The van der Waals surface area contributed by atoms with Crippen molar-refractivity contribution in [1.82, 2.24) is 0 Å². The second-order valence-electron chi connectivity index (χ2n) is 14.3. The lowest BCUT2D eigenvalue weighted by Crippen LogP contribution is -2.43. The van der Waals surface area contributed by atoms with E-state index in [2.05, 4.69) is 129 Å². The van der Waals surface area contributed by atoms with E-state index in [9.17, 15) is 0 Å². The lowest BCUT2D eigenvalue weighted by Gasteiger charge is -2.38. The molecule has 43 heavy (non-hydrogen) atoms. The number of rotatable bonds is 17. The van der Waals surface area contributed by atoms with Crippen molar-refractivity contribution in [2.45, 2.75) is 167 Å². The summed E-state index contributed by atoms with van der Waals surface area (Å²) in [6.07, 6.45) is 18.5. The zero-order chi connectivity index (χ0) is 31.6. The highest BCUT2D eigenvalue weighted by atomic mass is 79.9. The average molecular weight is 729 g/mol. The molecule has 2 aromatic carbocycles. The van der Waals surface area contributed by atoms with Crippen LogP contribution in [0.3, 0.4) is 0 Å². The third-order valence-corrected chi connectivity index (χ3v) is 17.8. The van der Waals surface area contributed by atoms with Gasteiger partial charge in [0.15, 0.2) is 0 Å². The van der Waals surface area contributed by atoms with Gasteiger partial charge in [-0.1, -0.05) is 176 Å². The predicted molar refractivity (Wildman–Crippen MR) is 202 cm³/mol. The van der Waals surface area contributed by atoms with Crippen molar-refractivity contribution in [3.05, 3.63) is 56.0 Å². The Balaban J connectivity index is 2.16. The molecule has 0 aromatic heterocycles. The van der Waals surface area contributed by atoms with Crippen molar-refractivity contribution in [2.75, 3.05) is 0 Å². The van der Waals surface area contributed by atoms with Gasteiger partial charge in [0.05, 0.1) is 0 Å². The van der Waals surface area contributed by atoms with Gasteiger partial charge in [-0.2, -0.15) is 0 Å². The first kappa shape index (κ1) is 36.6. The molecule has 0 saturated heterocycles. The van der Waals surface area contributed by atoms with Crippen molar-refractivity contribution < 1.29 is 0 Å². The molecule has 3 heteroatoms. The first-order chi connectivity index (χ1) is 20.5. The minimum Gasteiger partial charge on any atom is -0.125 e. The Bertz CT molecular complexity index is 1190. The van der Waals surface area contributed by atoms with Gasteiger partial charge in [0.25, 0.3) is 0 Å². The van der Waals surface area contributed by atoms with Gasteiger partial charge in [-0.25, -0.2) is 0 Å². The summed E-state index contributed by atoms with van der Waals surface area (Å²) in [7, 11) is -1.85. The Morgan fingerprint density at radius 3 is 1.63 bits per heavy atom. The summed E-state index contributed by atoms with van der Waals surface area (Å²) in [4.78, 5) is 0. The Morgan fingerprint density at radius 1 is 0.628 bits per heavy atom. The molecule has 0 bridgehead atoms. The van der Waals surface area contributed by atoms with Crippen molar-refractivity contribution in [1.29, 1.82) is 0 Å². The summed E-state index contributed by atoms with van der Waals surface area (Å²) in [5, 5.41) is 0. The molecule has 1 aliphatic rings. The first-order valence-corrected chi connectivity index (χ1v) is 21.5. The number of hydrogen-bond donors (Lipinski definition) is 0. The zero-order valence-corrected chi connectivity index (χ0v) is 32.9. The molecule has 0 fully saturated rings. The minimum absolute atomic E-state index is 0.0623. The highest BCUT2D eigenvalue weighted by molar-refractivity contribution is 9.10. The highest BCUT2D eigenvalue weighted by Crippen LogP contribution is 2.56. The van der Waals surface area contributed by atoms with E-state index in [1.54, 1.807) is 5.56 Å².